The van der Waals surface area contributed by atoms with Crippen LogP contribution in [0.5, 0.6) is 17.2 Å². The Kier molecular flexibility index (Phi) is 10.0. The van der Waals surface area contributed by atoms with E-state index in [9.17, 15) is 28.3 Å². The molecule has 2 amide bonds. The zero-order valence-corrected chi connectivity index (χ0v) is 23.2. The maximum absolute atomic E-state index is 13.5. The molecule has 214 valence electrons. The summed E-state index contributed by atoms with van der Waals surface area (Å²) >= 11 is 0. The molecule has 0 fully saturated rings. The monoisotopic (exact) mass is 565 g/mol. The normalized spacial score (nSPS) is 13.5. The van der Waals surface area contributed by atoms with E-state index in [0.717, 1.165) is 0 Å². The van der Waals surface area contributed by atoms with Gasteiger partial charge in [0.2, 0.25) is 16.8 Å². The third-order valence-electron chi connectivity index (χ3n) is 5.82. The first-order valence-corrected chi connectivity index (χ1v) is 14.0. The van der Waals surface area contributed by atoms with Gasteiger partial charge in [-0.25, -0.2) is 18.0 Å². The minimum Gasteiger partial charge on any atom is -0.463 e. The van der Waals surface area contributed by atoms with Gasteiger partial charge in [0.05, 0.1) is 10.9 Å². The molecule has 39 heavy (non-hydrogen) atoms. The predicted molar refractivity (Wildman–Crippen MR) is 141 cm³/mol. The maximum atomic E-state index is 13.5. The second-order valence-electron chi connectivity index (χ2n) is 9.88. The number of hydroxylamine groups is 2. The summed E-state index contributed by atoms with van der Waals surface area (Å²) in [5.74, 6) is 1.07. The zero-order valence-electron chi connectivity index (χ0n) is 22.4. The van der Waals surface area contributed by atoms with Gasteiger partial charge in [0.25, 0.3) is 0 Å². The lowest BCUT2D eigenvalue weighted by molar-refractivity contribution is -0.0984. The first-order valence-electron chi connectivity index (χ1n) is 12.5. The van der Waals surface area contributed by atoms with Crippen LogP contribution in [0.2, 0.25) is 0 Å². The number of rotatable bonds is 12. The summed E-state index contributed by atoms with van der Waals surface area (Å²) in [7, 11) is -3.96. The van der Waals surface area contributed by atoms with E-state index in [1.165, 1.54) is 22.5 Å². The molecule has 0 radical (unpaired) electrons. The molecule has 12 nitrogen and oxygen atoms in total. The molecule has 0 saturated carbocycles. The van der Waals surface area contributed by atoms with Gasteiger partial charge in [0.1, 0.15) is 5.75 Å². The van der Waals surface area contributed by atoms with Crippen molar-refractivity contribution >= 4 is 22.2 Å². The third-order valence-corrected chi connectivity index (χ3v) is 7.68. The molecule has 1 aliphatic rings. The van der Waals surface area contributed by atoms with Crippen LogP contribution >= 0.6 is 0 Å². The molecule has 13 heteroatoms. The average molecular weight is 566 g/mol. The molecule has 3 rings (SSSR count). The molecule has 1 aliphatic heterocycles. The first-order chi connectivity index (χ1) is 18.4. The van der Waals surface area contributed by atoms with Gasteiger partial charge >= 0.3 is 12.2 Å². The number of carbonyl (C=O) groups is 2. The molecule has 3 N–H and O–H groups in total. The van der Waals surface area contributed by atoms with Crippen molar-refractivity contribution in [2.75, 3.05) is 19.9 Å². The van der Waals surface area contributed by atoms with Crippen molar-refractivity contribution in [1.29, 1.82) is 0 Å². The van der Waals surface area contributed by atoms with Gasteiger partial charge in [-0.05, 0) is 62.4 Å². The molecule has 0 saturated heterocycles. The van der Waals surface area contributed by atoms with Crippen molar-refractivity contribution < 1.29 is 42.5 Å². The summed E-state index contributed by atoms with van der Waals surface area (Å²) in [5.41, 5.74) is 0.658. The van der Waals surface area contributed by atoms with Gasteiger partial charge < -0.3 is 24.6 Å². The van der Waals surface area contributed by atoms with Gasteiger partial charge in [-0.2, -0.15) is 9.37 Å². The lowest BCUT2D eigenvalue weighted by atomic mass is 10.0. The second kappa shape index (κ2) is 13.0. The smallest absolute Gasteiger partial charge is 0.431 e. The van der Waals surface area contributed by atoms with Crippen molar-refractivity contribution in [2.45, 2.75) is 57.5 Å². The number of fused-ring (bicyclic) bond motifs is 1. The molecule has 1 heterocycles. The van der Waals surface area contributed by atoms with E-state index in [4.69, 9.17) is 14.2 Å². The van der Waals surface area contributed by atoms with Crippen LogP contribution in [0.25, 0.3) is 0 Å². The van der Waals surface area contributed by atoms with Gasteiger partial charge in [0.15, 0.2) is 11.5 Å². The fraction of sp³-hybridized carbons (Fsp3) is 0.462. The summed E-state index contributed by atoms with van der Waals surface area (Å²) < 4.78 is 44.1. The van der Waals surface area contributed by atoms with E-state index >= 15 is 0 Å². The summed E-state index contributed by atoms with van der Waals surface area (Å²) in [6, 6.07) is 9.76. The van der Waals surface area contributed by atoms with E-state index in [0.29, 0.717) is 22.8 Å². The fourth-order valence-electron chi connectivity index (χ4n) is 4.00. The zero-order chi connectivity index (χ0) is 28.7. The number of nitrogens with one attached hydrogen (secondary N) is 1. The van der Waals surface area contributed by atoms with Crippen molar-refractivity contribution in [3.63, 3.8) is 0 Å². The number of hydrogen-bond acceptors (Lipinski definition) is 8. The third kappa shape index (κ3) is 8.22. The number of benzene rings is 2. The predicted octanol–water partition coefficient (Wildman–Crippen LogP) is 3.93. The highest BCUT2D eigenvalue weighted by atomic mass is 32.2. The Morgan fingerprint density at radius 1 is 1.05 bits per heavy atom. The van der Waals surface area contributed by atoms with Crippen LogP contribution in [0.1, 0.15) is 39.7 Å². The summed E-state index contributed by atoms with van der Waals surface area (Å²) in [6.45, 7) is 7.51. The van der Waals surface area contributed by atoms with Crippen LogP contribution in [-0.2, 0) is 16.4 Å². The average Bonchev–Trinajstić information content (AvgIpc) is 3.33. The van der Waals surface area contributed by atoms with Crippen LogP contribution in [0.4, 0.5) is 9.59 Å². The van der Waals surface area contributed by atoms with Crippen LogP contribution in [0.15, 0.2) is 47.4 Å². The minimum atomic E-state index is -3.96. The van der Waals surface area contributed by atoms with Gasteiger partial charge in [-0.3, -0.25) is 5.21 Å². The molecule has 1 atom stereocenters. The van der Waals surface area contributed by atoms with Crippen molar-refractivity contribution in [3.05, 3.63) is 48.0 Å². The Balaban J connectivity index is 1.75. The number of carbonyl (C=O) groups excluding carboxylic acids is 1. The summed E-state index contributed by atoms with van der Waals surface area (Å²) in [4.78, 5) is 23.4. The first kappa shape index (κ1) is 30.0. The SMILES string of the molecule is CC(C)CN(CCC(Cc1ccc(OC(=O)NC(C)C)cc1)N(O)C(=O)O)S(=O)(=O)c1ccc2c(c1)OCO2. The van der Waals surface area contributed by atoms with Gasteiger partial charge in [-0.15, -0.1) is 0 Å². The standard InChI is InChI=1S/C26H35N3O9S/c1-17(2)15-28(39(34,35)22-9-10-23-24(14-22)37-16-36-23)12-11-20(29(33)26(31)32)13-19-5-7-21(8-6-19)38-25(30)27-18(3)4/h5-10,14,17-18,20,33H,11-13,15-16H2,1-4H3,(H,27,30)(H,31,32). The quantitative estimate of drug-likeness (QED) is 0.256. The molecular weight excluding hydrogens is 530 g/mol. The molecule has 0 aromatic heterocycles. The lowest BCUT2D eigenvalue weighted by Crippen LogP contribution is -2.42. The molecule has 0 aliphatic carbocycles. The molecule has 0 spiro atoms. The van der Waals surface area contributed by atoms with E-state index in [1.807, 2.05) is 13.8 Å². The lowest BCUT2D eigenvalue weighted by Gasteiger charge is -2.28. The molecular formula is C26H35N3O9S. The number of nitrogens with zero attached hydrogens (tertiary/aromatic N) is 2. The highest BCUT2D eigenvalue weighted by Crippen LogP contribution is 2.35. The van der Waals surface area contributed by atoms with Gasteiger partial charge in [0, 0.05) is 25.2 Å². The molecule has 0 bridgehead atoms. The van der Waals surface area contributed by atoms with Crippen molar-refractivity contribution in [1.82, 2.24) is 14.7 Å². The number of ether oxygens (including phenoxy) is 3. The topological polar surface area (TPSA) is 155 Å². The molecule has 2 aromatic rings. The Bertz CT molecular complexity index is 1250. The van der Waals surface area contributed by atoms with E-state index in [-0.39, 0.29) is 54.6 Å². The Morgan fingerprint density at radius 3 is 2.33 bits per heavy atom. The highest BCUT2D eigenvalue weighted by Gasteiger charge is 2.30. The van der Waals surface area contributed by atoms with Crippen molar-refractivity contribution in [3.8, 4) is 17.2 Å². The largest absolute Gasteiger partial charge is 0.463 e. The Hall–Kier alpha value is -3.55. The number of hydrogen-bond donors (Lipinski definition) is 3. The Morgan fingerprint density at radius 2 is 1.72 bits per heavy atom. The van der Waals surface area contributed by atoms with E-state index < -0.39 is 28.3 Å². The van der Waals surface area contributed by atoms with Crippen molar-refractivity contribution in [2.24, 2.45) is 5.92 Å². The van der Waals surface area contributed by atoms with E-state index in [2.05, 4.69) is 5.32 Å². The number of sulfonamides is 1. The maximum Gasteiger partial charge on any atom is 0.431 e. The minimum absolute atomic E-state index is 0.00991. The van der Waals surface area contributed by atoms with Crippen LogP contribution < -0.4 is 19.5 Å². The number of amides is 2. The molecule has 1 unspecified atom stereocenters. The number of carboxylic acid groups (broad SMARTS) is 1. The summed E-state index contributed by atoms with van der Waals surface area (Å²) in [6.07, 6.45) is -2.04. The van der Waals surface area contributed by atoms with E-state index in [1.54, 1.807) is 38.1 Å². The Labute approximate surface area is 228 Å². The fourth-order valence-corrected chi connectivity index (χ4v) is 5.64. The summed E-state index contributed by atoms with van der Waals surface area (Å²) in [5, 5.41) is 22.5. The second-order valence-corrected chi connectivity index (χ2v) is 11.8. The van der Waals surface area contributed by atoms with Gasteiger partial charge in [-0.1, -0.05) is 26.0 Å². The van der Waals surface area contributed by atoms with Crippen LogP contribution in [0.3, 0.4) is 0 Å². The van der Waals surface area contributed by atoms with Crippen LogP contribution in [-0.4, -0.2) is 72.3 Å². The highest BCUT2D eigenvalue weighted by molar-refractivity contribution is 7.89. The van der Waals surface area contributed by atoms with Crippen LogP contribution in [0, 0.1) is 5.92 Å². The molecule has 2 aromatic carbocycles.